The molecule has 2 aromatic carbocycles. The molecule has 0 unspecified atom stereocenters. The van der Waals surface area contributed by atoms with E-state index in [4.69, 9.17) is 9.47 Å². The number of aromatic amines is 1. The number of carbonyl (C=O) groups excluding carboxylic acids is 1. The Hall–Kier alpha value is -4.33. The molecule has 0 aliphatic carbocycles. The Morgan fingerprint density at radius 3 is 2.74 bits per heavy atom. The van der Waals surface area contributed by atoms with Gasteiger partial charge in [0.25, 0.3) is 0 Å². The molecule has 1 atom stereocenters. The van der Waals surface area contributed by atoms with Gasteiger partial charge in [-0.2, -0.15) is 0 Å². The normalized spacial score (nSPS) is 15.3. The maximum Gasteiger partial charge on any atom is 0.331 e. The van der Waals surface area contributed by atoms with Crippen molar-refractivity contribution >= 4 is 16.9 Å². The van der Waals surface area contributed by atoms with Gasteiger partial charge in [0.15, 0.2) is 0 Å². The average Bonchev–Trinajstić information content (AvgIpc) is 3.49. The van der Waals surface area contributed by atoms with Crippen molar-refractivity contribution in [2.45, 2.75) is 19.3 Å². The van der Waals surface area contributed by atoms with Crippen LogP contribution in [0.2, 0.25) is 0 Å². The molecular formula is C27H26N4O4. The highest BCUT2D eigenvalue weighted by atomic mass is 16.5. The summed E-state index contributed by atoms with van der Waals surface area (Å²) < 4.78 is 13.1. The van der Waals surface area contributed by atoms with Crippen molar-refractivity contribution in [1.29, 1.82) is 0 Å². The molecular weight excluding hydrogens is 444 g/mol. The molecule has 1 aliphatic heterocycles. The summed E-state index contributed by atoms with van der Waals surface area (Å²) in [6, 6.07) is 16.6. The van der Waals surface area contributed by atoms with Crippen LogP contribution in [0, 0.1) is 0 Å². The van der Waals surface area contributed by atoms with E-state index in [1.54, 1.807) is 21.7 Å². The highest BCUT2D eigenvalue weighted by molar-refractivity contribution is 5.87. The molecule has 2 aromatic heterocycles. The van der Waals surface area contributed by atoms with Crippen LogP contribution in [0.1, 0.15) is 25.0 Å². The fourth-order valence-corrected chi connectivity index (χ4v) is 4.53. The maximum atomic E-state index is 13.0. The summed E-state index contributed by atoms with van der Waals surface area (Å²) in [6.07, 6.45) is 3.81. The standard InChI is InChI=1S/C27H26N4O4/c1-3-24(32)30-15-13-18(17-30)25-26-23(12-14-28-25)29-27(33)31(26)19-8-10-20(11-9-19)35-22-7-5-6-21(16-22)34-4-2/h3,5-12,14,16,18H,1,4,13,15,17H2,2H3,(H,29,33)/t18-/m1/s1. The number of H-pyrrole nitrogens is 1. The van der Waals surface area contributed by atoms with Crippen molar-refractivity contribution in [3.8, 4) is 22.9 Å². The quantitative estimate of drug-likeness (QED) is 0.404. The molecule has 1 saturated heterocycles. The zero-order valence-electron chi connectivity index (χ0n) is 19.4. The number of rotatable bonds is 7. The van der Waals surface area contributed by atoms with Crippen molar-refractivity contribution in [2.24, 2.45) is 0 Å². The zero-order chi connectivity index (χ0) is 24.4. The highest BCUT2D eigenvalue weighted by Gasteiger charge is 2.29. The minimum absolute atomic E-state index is 0.0317. The molecule has 1 aliphatic rings. The Balaban J connectivity index is 1.46. The number of hydrogen-bond acceptors (Lipinski definition) is 5. The van der Waals surface area contributed by atoms with Gasteiger partial charge in [0, 0.05) is 31.3 Å². The van der Waals surface area contributed by atoms with Gasteiger partial charge in [0.2, 0.25) is 5.91 Å². The number of imidazole rings is 1. The summed E-state index contributed by atoms with van der Waals surface area (Å²) in [7, 11) is 0. The number of likely N-dealkylation sites (tertiary alicyclic amines) is 1. The van der Waals surface area contributed by atoms with Gasteiger partial charge in [0.1, 0.15) is 17.2 Å². The first kappa shape index (κ1) is 22.5. The SMILES string of the molecule is C=CC(=O)N1CC[C@@H](c2nccc3[nH]c(=O)n(-c4ccc(Oc5cccc(OCC)c5)cc4)c23)C1. The van der Waals surface area contributed by atoms with Gasteiger partial charge >= 0.3 is 5.69 Å². The van der Waals surface area contributed by atoms with Gasteiger partial charge in [-0.15, -0.1) is 0 Å². The molecule has 8 heteroatoms. The van der Waals surface area contributed by atoms with E-state index in [2.05, 4.69) is 16.5 Å². The van der Waals surface area contributed by atoms with Crippen molar-refractivity contribution in [3.63, 3.8) is 0 Å². The number of amides is 1. The van der Waals surface area contributed by atoms with Gasteiger partial charge in [-0.3, -0.25) is 14.3 Å². The number of pyridine rings is 1. The van der Waals surface area contributed by atoms with Crippen LogP contribution in [0.4, 0.5) is 0 Å². The predicted molar refractivity (Wildman–Crippen MR) is 134 cm³/mol. The smallest absolute Gasteiger partial charge is 0.331 e. The van der Waals surface area contributed by atoms with E-state index in [-0.39, 0.29) is 17.5 Å². The third-order valence-corrected chi connectivity index (χ3v) is 6.13. The van der Waals surface area contributed by atoms with Crippen LogP contribution in [-0.4, -0.2) is 45.0 Å². The molecule has 0 saturated carbocycles. The van der Waals surface area contributed by atoms with Crippen molar-refractivity contribution < 1.29 is 14.3 Å². The van der Waals surface area contributed by atoms with Crippen LogP contribution in [0.5, 0.6) is 17.2 Å². The van der Waals surface area contributed by atoms with Gasteiger partial charge in [-0.1, -0.05) is 12.6 Å². The summed E-state index contributed by atoms with van der Waals surface area (Å²) in [5.74, 6) is 1.99. The molecule has 4 aromatic rings. The lowest BCUT2D eigenvalue weighted by Gasteiger charge is -2.15. The van der Waals surface area contributed by atoms with E-state index in [9.17, 15) is 9.59 Å². The van der Waals surface area contributed by atoms with E-state index in [0.29, 0.717) is 42.4 Å². The second-order valence-electron chi connectivity index (χ2n) is 8.34. The second kappa shape index (κ2) is 9.50. The largest absolute Gasteiger partial charge is 0.494 e. The first-order chi connectivity index (χ1) is 17.1. The Morgan fingerprint density at radius 2 is 1.97 bits per heavy atom. The van der Waals surface area contributed by atoms with Crippen LogP contribution in [-0.2, 0) is 4.79 Å². The Morgan fingerprint density at radius 1 is 1.17 bits per heavy atom. The van der Waals surface area contributed by atoms with E-state index < -0.39 is 0 Å². The predicted octanol–water partition coefficient (Wildman–Crippen LogP) is 4.41. The van der Waals surface area contributed by atoms with E-state index in [1.165, 1.54) is 6.08 Å². The first-order valence-electron chi connectivity index (χ1n) is 11.6. The van der Waals surface area contributed by atoms with Gasteiger partial charge in [-0.05, 0) is 61.9 Å². The molecule has 0 bridgehead atoms. The fourth-order valence-electron chi connectivity index (χ4n) is 4.53. The van der Waals surface area contributed by atoms with Crippen LogP contribution in [0.15, 0.2) is 78.2 Å². The molecule has 35 heavy (non-hydrogen) atoms. The topological polar surface area (TPSA) is 89.5 Å². The first-order valence-corrected chi connectivity index (χ1v) is 11.6. The van der Waals surface area contributed by atoms with Crippen LogP contribution in [0.3, 0.4) is 0 Å². The number of aromatic nitrogens is 3. The van der Waals surface area contributed by atoms with Crippen LogP contribution in [0.25, 0.3) is 16.7 Å². The van der Waals surface area contributed by atoms with E-state index >= 15 is 0 Å². The van der Waals surface area contributed by atoms with Crippen LogP contribution >= 0.6 is 0 Å². The third-order valence-electron chi connectivity index (χ3n) is 6.13. The van der Waals surface area contributed by atoms with Gasteiger partial charge in [0.05, 0.1) is 29.0 Å². The summed E-state index contributed by atoms with van der Waals surface area (Å²) in [4.78, 5) is 34.3. The molecule has 5 rings (SSSR count). The Labute approximate surface area is 202 Å². The number of fused-ring (bicyclic) bond motifs is 1. The van der Waals surface area contributed by atoms with E-state index in [0.717, 1.165) is 23.4 Å². The molecule has 1 N–H and O–H groups in total. The monoisotopic (exact) mass is 470 g/mol. The number of nitrogens with zero attached hydrogens (tertiary/aromatic N) is 3. The molecule has 8 nitrogen and oxygen atoms in total. The average molecular weight is 471 g/mol. The number of nitrogens with one attached hydrogen (secondary N) is 1. The van der Waals surface area contributed by atoms with Gasteiger partial charge in [-0.25, -0.2) is 4.79 Å². The van der Waals surface area contributed by atoms with Crippen LogP contribution < -0.4 is 15.2 Å². The summed E-state index contributed by atoms with van der Waals surface area (Å²) in [5, 5.41) is 0. The lowest BCUT2D eigenvalue weighted by molar-refractivity contribution is -0.125. The molecule has 1 amide bonds. The Kier molecular flexibility index (Phi) is 6.10. The molecule has 3 heterocycles. The molecule has 0 spiro atoms. The molecule has 1 fully saturated rings. The number of benzene rings is 2. The van der Waals surface area contributed by atoms with Crippen molar-refractivity contribution in [1.82, 2.24) is 19.4 Å². The summed E-state index contributed by atoms with van der Waals surface area (Å²) in [6.45, 7) is 7.28. The van der Waals surface area contributed by atoms with E-state index in [1.807, 2.05) is 55.5 Å². The maximum absolute atomic E-state index is 13.0. The summed E-state index contributed by atoms with van der Waals surface area (Å²) >= 11 is 0. The lowest BCUT2D eigenvalue weighted by atomic mass is 10.0. The Bertz CT molecular complexity index is 1440. The molecule has 0 radical (unpaired) electrons. The zero-order valence-corrected chi connectivity index (χ0v) is 19.4. The second-order valence-corrected chi connectivity index (χ2v) is 8.34. The minimum atomic E-state index is -0.246. The highest BCUT2D eigenvalue weighted by Crippen LogP contribution is 2.32. The number of ether oxygens (including phenoxy) is 2. The number of hydrogen-bond donors (Lipinski definition) is 1. The minimum Gasteiger partial charge on any atom is -0.494 e. The number of carbonyl (C=O) groups is 1. The third kappa shape index (κ3) is 4.42. The van der Waals surface area contributed by atoms with Crippen molar-refractivity contribution in [2.75, 3.05) is 19.7 Å². The van der Waals surface area contributed by atoms with Crippen molar-refractivity contribution in [3.05, 3.63) is 89.6 Å². The van der Waals surface area contributed by atoms with Gasteiger partial charge < -0.3 is 19.4 Å². The fraction of sp³-hybridized carbons (Fsp3) is 0.222. The lowest BCUT2D eigenvalue weighted by Crippen LogP contribution is -2.26. The summed E-state index contributed by atoms with van der Waals surface area (Å²) in [5.41, 5.74) is 2.69. The molecule has 178 valence electrons.